The van der Waals surface area contributed by atoms with Gasteiger partial charge >= 0.3 is 0 Å². The fraction of sp³-hybridized carbons (Fsp3) is 0.833. The van der Waals surface area contributed by atoms with Gasteiger partial charge in [0, 0.05) is 12.8 Å². The van der Waals surface area contributed by atoms with Crippen molar-refractivity contribution in [2.75, 3.05) is 0 Å². The standard InChI is InChI=1S/C24H43NO2/c1-4-6-8-9-10-11-12-13-14-16-17-21(3)22(18-15-7-5-2)25-23(26)19-20-24(25)27/h17,22H,4-16,18-20H2,1-3H3. The Morgan fingerprint density at radius 1 is 0.815 bits per heavy atom. The summed E-state index contributed by atoms with van der Waals surface area (Å²) in [4.78, 5) is 25.9. The number of imide groups is 1. The van der Waals surface area contributed by atoms with Gasteiger partial charge in [0.2, 0.25) is 11.8 Å². The molecule has 1 atom stereocenters. The van der Waals surface area contributed by atoms with Gasteiger partial charge in [-0.15, -0.1) is 0 Å². The Morgan fingerprint density at radius 2 is 1.30 bits per heavy atom. The second-order valence-electron chi connectivity index (χ2n) is 8.23. The van der Waals surface area contributed by atoms with Gasteiger partial charge in [0.1, 0.15) is 0 Å². The van der Waals surface area contributed by atoms with Gasteiger partial charge in [0.25, 0.3) is 0 Å². The Kier molecular flexibility index (Phi) is 13.2. The monoisotopic (exact) mass is 377 g/mol. The summed E-state index contributed by atoms with van der Waals surface area (Å²) in [6, 6.07) is -0.00221. The average Bonchev–Trinajstić information content (AvgIpc) is 2.99. The fourth-order valence-corrected chi connectivity index (χ4v) is 4.01. The molecular weight excluding hydrogens is 334 g/mol. The van der Waals surface area contributed by atoms with Crippen molar-refractivity contribution in [3.05, 3.63) is 11.6 Å². The van der Waals surface area contributed by atoms with Crippen LogP contribution in [0.25, 0.3) is 0 Å². The van der Waals surface area contributed by atoms with Crippen LogP contribution < -0.4 is 0 Å². The van der Waals surface area contributed by atoms with Crippen molar-refractivity contribution in [2.24, 2.45) is 0 Å². The van der Waals surface area contributed by atoms with Crippen LogP contribution in [-0.2, 0) is 9.59 Å². The van der Waals surface area contributed by atoms with E-state index in [2.05, 4.69) is 26.8 Å². The van der Waals surface area contributed by atoms with Gasteiger partial charge in [-0.1, -0.05) is 96.1 Å². The third-order valence-corrected chi connectivity index (χ3v) is 5.78. The zero-order valence-corrected chi connectivity index (χ0v) is 18.2. The number of rotatable bonds is 16. The van der Waals surface area contributed by atoms with Crippen LogP contribution in [0.15, 0.2) is 11.6 Å². The van der Waals surface area contributed by atoms with Gasteiger partial charge in [0.15, 0.2) is 0 Å². The first-order chi connectivity index (χ1) is 13.1. The van der Waals surface area contributed by atoms with Gasteiger partial charge in [-0.2, -0.15) is 0 Å². The maximum atomic E-state index is 12.2. The first-order valence-electron chi connectivity index (χ1n) is 11.6. The molecule has 0 aromatic heterocycles. The first-order valence-corrected chi connectivity index (χ1v) is 11.6. The van der Waals surface area contributed by atoms with E-state index in [1.165, 1.54) is 63.4 Å². The van der Waals surface area contributed by atoms with Crippen molar-refractivity contribution in [1.29, 1.82) is 0 Å². The molecule has 0 aromatic rings. The number of carbonyl (C=O) groups is 2. The highest BCUT2D eigenvalue weighted by molar-refractivity contribution is 6.02. The molecule has 0 saturated carbocycles. The van der Waals surface area contributed by atoms with Crippen LogP contribution in [0.1, 0.15) is 124 Å². The molecule has 3 heteroatoms. The van der Waals surface area contributed by atoms with Crippen molar-refractivity contribution in [3.63, 3.8) is 0 Å². The summed E-state index contributed by atoms with van der Waals surface area (Å²) in [6.45, 7) is 6.57. The summed E-state index contributed by atoms with van der Waals surface area (Å²) in [6.07, 6.45) is 20.6. The Hall–Kier alpha value is -1.12. The van der Waals surface area contributed by atoms with E-state index in [0.29, 0.717) is 12.8 Å². The molecule has 0 N–H and O–H groups in total. The van der Waals surface area contributed by atoms with Gasteiger partial charge < -0.3 is 0 Å². The predicted octanol–water partition coefficient (Wildman–Crippen LogP) is 6.95. The van der Waals surface area contributed by atoms with E-state index in [0.717, 1.165) is 32.1 Å². The number of carbonyl (C=O) groups excluding carboxylic acids is 2. The second kappa shape index (κ2) is 14.9. The molecule has 1 heterocycles. The summed E-state index contributed by atoms with van der Waals surface area (Å²) in [5, 5.41) is 0. The molecule has 1 unspecified atom stereocenters. The lowest BCUT2D eigenvalue weighted by atomic mass is 9.98. The lowest BCUT2D eigenvalue weighted by Gasteiger charge is -2.27. The lowest BCUT2D eigenvalue weighted by Crippen LogP contribution is -2.40. The van der Waals surface area contributed by atoms with E-state index < -0.39 is 0 Å². The minimum absolute atomic E-state index is 0.00221. The van der Waals surface area contributed by atoms with Crippen LogP contribution >= 0.6 is 0 Å². The smallest absolute Gasteiger partial charge is 0.230 e. The number of allylic oxidation sites excluding steroid dienone is 1. The first kappa shape index (κ1) is 23.9. The van der Waals surface area contributed by atoms with Gasteiger partial charge in [-0.05, 0) is 26.2 Å². The molecule has 2 amide bonds. The molecule has 1 rings (SSSR count). The van der Waals surface area contributed by atoms with Crippen LogP contribution in [0, 0.1) is 0 Å². The van der Waals surface area contributed by atoms with Gasteiger partial charge in [0.05, 0.1) is 6.04 Å². The van der Waals surface area contributed by atoms with E-state index in [9.17, 15) is 9.59 Å². The van der Waals surface area contributed by atoms with Crippen LogP contribution in [0.5, 0.6) is 0 Å². The summed E-state index contributed by atoms with van der Waals surface area (Å²) >= 11 is 0. The predicted molar refractivity (Wildman–Crippen MR) is 115 cm³/mol. The summed E-state index contributed by atoms with van der Waals surface area (Å²) < 4.78 is 0. The molecule has 0 spiro atoms. The van der Waals surface area contributed by atoms with Crippen LogP contribution in [-0.4, -0.2) is 22.8 Å². The molecular formula is C24H43NO2. The second-order valence-corrected chi connectivity index (χ2v) is 8.23. The van der Waals surface area contributed by atoms with E-state index in [1.54, 1.807) is 4.90 Å². The molecule has 1 aliphatic heterocycles. The SMILES string of the molecule is CCCCCCCCCCCC=C(C)C(CCCCC)N1C(=O)CCC1=O. The molecule has 3 nitrogen and oxygen atoms in total. The minimum Gasteiger partial charge on any atom is -0.275 e. The quantitative estimate of drug-likeness (QED) is 0.166. The highest BCUT2D eigenvalue weighted by atomic mass is 16.2. The topological polar surface area (TPSA) is 37.4 Å². The van der Waals surface area contributed by atoms with E-state index in [1.807, 2.05) is 0 Å². The van der Waals surface area contributed by atoms with Crippen LogP contribution in [0.4, 0.5) is 0 Å². The summed E-state index contributed by atoms with van der Waals surface area (Å²) in [7, 11) is 0. The molecule has 1 saturated heterocycles. The summed E-state index contributed by atoms with van der Waals surface area (Å²) in [5.74, 6) is 0.0506. The molecule has 0 aromatic carbocycles. The molecule has 0 bridgehead atoms. The zero-order chi connectivity index (χ0) is 19.9. The number of likely N-dealkylation sites (tertiary alicyclic amines) is 1. The van der Waals surface area contributed by atoms with Crippen LogP contribution in [0.3, 0.4) is 0 Å². The van der Waals surface area contributed by atoms with Crippen molar-refractivity contribution in [1.82, 2.24) is 4.90 Å². The Morgan fingerprint density at radius 3 is 1.85 bits per heavy atom. The maximum absolute atomic E-state index is 12.2. The Labute approximate surface area is 168 Å². The third kappa shape index (κ3) is 9.58. The lowest BCUT2D eigenvalue weighted by molar-refractivity contribution is -0.140. The van der Waals surface area contributed by atoms with Crippen molar-refractivity contribution >= 4 is 11.8 Å². The van der Waals surface area contributed by atoms with Gasteiger partial charge in [-0.3, -0.25) is 14.5 Å². The highest BCUT2D eigenvalue weighted by Gasteiger charge is 2.35. The number of unbranched alkanes of at least 4 members (excludes halogenated alkanes) is 11. The Balaban J connectivity index is 2.35. The molecule has 0 aliphatic carbocycles. The number of amides is 2. The van der Waals surface area contributed by atoms with Crippen molar-refractivity contribution in [2.45, 2.75) is 130 Å². The maximum Gasteiger partial charge on any atom is 0.230 e. The summed E-state index contributed by atoms with van der Waals surface area (Å²) in [5.41, 5.74) is 1.22. The molecule has 156 valence electrons. The fourth-order valence-electron chi connectivity index (χ4n) is 4.01. The zero-order valence-electron chi connectivity index (χ0n) is 18.2. The van der Waals surface area contributed by atoms with Crippen molar-refractivity contribution in [3.8, 4) is 0 Å². The molecule has 0 radical (unpaired) electrons. The normalized spacial score (nSPS) is 16.4. The number of nitrogens with zero attached hydrogens (tertiary/aromatic N) is 1. The highest BCUT2D eigenvalue weighted by Crippen LogP contribution is 2.25. The third-order valence-electron chi connectivity index (χ3n) is 5.78. The van der Waals surface area contributed by atoms with E-state index in [-0.39, 0.29) is 17.9 Å². The number of hydrogen-bond donors (Lipinski definition) is 0. The van der Waals surface area contributed by atoms with Crippen LogP contribution in [0.2, 0.25) is 0 Å². The largest absolute Gasteiger partial charge is 0.275 e. The molecule has 1 fully saturated rings. The minimum atomic E-state index is -0.00221. The van der Waals surface area contributed by atoms with Crippen molar-refractivity contribution < 1.29 is 9.59 Å². The molecule has 1 aliphatic rings. The molecule has 27 heavy (non-hydrogen) atoms. The van der Waals surface area contributed by atoms with E-state index in [4.69, 9.17) is 0 Å². The van der Waals surface area contributed by atoms with E-state index >= 15 is 0 Å². The number of hydrogen-bond acceptors (Lipinski definition) is 2. The average molecular weight is 378 g/mol. The van der Waals surface area contributed by atoms with Gasteiger partial charge in [-0.25, -0.2) is 0 Å². The Bertz CT molecular complexity index is 439.